The molecule has 0 aromatic carbocycles. The van der Waals surface area contributed by atoms with E-state index in [2.05, 4.69) is 11.8 Å². The van der Waals surface area contributed by atoms with Crippen molar-refractivity contribution in [1.29, 1.82) is 0 Å². The van der Waals surface area contributed by atoms with Crippen LogP contribution in [-0.2, 0) is 16.6 Å². The zero-order valence-corrected chi connectivity index (χ0v) is 11.2. The Morgan fingerprint density at radius 3 is 2.44 bits per heavy atom. The first-order valence-electron chi connectivity index (χ1n) is 6.00. The molecule has 0 bridgehead atoms. The summed E-state index contributed by atoms with van der Waals surface area (Å²) in [5.74, 6) is 0.265. The van der Waals surface area contributed by atoms with Crippen LogP contribution < -0.4 is 0 Å². The third-order valence-electron chi connectivity index (χ3n) is 3.17. The van der Waals surface area contributed by atoms with Crippen LogP contribution in [0, 0.1) is 0 Å². The van der Waals surface area contributed by atoms with E-state index >= 15 is 0 Å². The molecule has 0 aliphatic carbocycles. The normalized spacial score (nSPS) is 19.2. The maximum Gasteiger partial charge on any atom is 0.276 e. The van der Waals surface area contributed by atoms with Crippen molar-refractivity contribution in [1.82, 2.24) is 9.21 Å². The van der Waals surface area contributed by atoms with E-state index in [1.165, 1.54) is 16.4 Å². The Morgan fingerprint density at radius 2 is 1.94 bits per heavy atom. The molecule has 1 N–H and O–H groups in total. The smallest absolute Gasteiger partial charge is 0.276 e. The molecule has 0 amide bonds. The largest absolute Gasteiger partial charge is 0.446 e. The molecule has 0 spiro atoms. The Bertz CT molecular complexity index is 489. The third kappa shape index (κ3) is 2.59. The summed E-state index contributed by atoms with van der Waals surface area (Å²) in [6.07, 6.45) is 0. The van der Waals surface area contributed by atoms with Gasteiger partial charge in [-0.3, -0.25) is 0 Å². The molecule has 0 unspecified atom stereocenters. The summed E-state index contributed by atoms with van der Waals surface area (Å²) in [5, 5.41) is 8.80. The van der Waals surface area contributed by atoms with Crippen molar-refractivity contribution in [3.8, 4) is 0 Å². The van der Waals surface area contributed by atoms with Crippen molar-refractivity contribution >= 4 is 10.0 Å². The van der Waals surface area contributed by atoms with E-state index in [0.717, 1.165) is 19.6 Å². The molecule has 1 aromatic heterocycles. The van der Waals surface area contributed by atoms with Gasteiger partial charge in [0.05, 0.1) is 0 Å². The van der Waals surface area contributed by atoms with Crippen LogP contribution in [0.15, 0.2) is 21.6 Å². The van der Waals surface area contributed by atoms with E-state index in [1.807, 2.05) is 0 Å². The van der Waals surface area contributed by atoms with Gasteiger partial charge in [0.25, 0.3) is 10.0 Å². The molecule has 0 radical (unpaired) electrons. The number of likely N-dealkylation sites (N-methyl/N-ethyl adjacent to an activating group) is 1. The molecule has 102 valence electrons. The van der Waals surface area contributed by atoms with Crippen LogP contribution in [0.4, 0.5) is 0 Å². The summed E-state index contributed by atoms with van der Waals surface area (Å²) in [6, 6.07) is 2.88. The summed E-state index contributed by atoms with van der Waals surface area (Å²) in [6.45, 7) is 5.13. The number of furan rings is 1. The fourth-order valence-electron chi connectivity index (χ4n) is 2.00. The van der Waals surface area contributed by atoms with Gasteiger partial charge < -0.3 is 14.4 Å². The number of hydrogen-bond acceptors (Lipinski definition) is 5. The first-order chi connectivity index (χ1) is 8.57. The zero-order valence-electron chi connectivity index (χ0n) is 10.4. The number of aliphatic hydroxyl groups excluding tert-OH is 1. The van der Waals surface area contributed by atoms with Crippen LogP contribution in [0.3, 0.4) is 0 Å². The molecule has 1 saturated heterocycles. The number of nitrogens with zero attached hydrogens (tertiary/aromatic N) is 2. The average molecular weight is 274 g/mol. The van der Waals surface area contributed by atoms with Gasteiger partial charge >= 0.3 is 0 Å². The zero-order chi connectivity index (χ0) is 13.2. The lowest BCUT2D eigenvalue weighted by Gasteiger charge is -2.32. The first kappa shape index (κ1) is 13.5. The molecule has 6 nitrogen and oxygen atoms in total. The minimum atomic E-state index is -3.55. The number of piperazine rings is 1. The fourth-order valence-corrected chi connectivity index (χ4v) is 3.35. The topological polar surface area (TPSA) is 74.0 Å². The second-order valence-corrected chi connectivity index (χ2v) is 6.09. The Labute approximate surface area is 107 Å². The van der Waals surface area contributed by atoms with Crippen LogP contribution in [-0.4, -0.2) is 55.5 Å². The highest BCUT2D eigenvalue weighted by Crippen LogP contribution is 2.20. The second-order valence-electron chi connectivity index (χ2n) is 4.22. The van der Waals surface area contributed by atoms with Gasteiger partial charge in [-0.05, 0) is 18.7 Å². The minimum Gasteiger partial charge on any atom is -0.446 e. The lowest BCUT2D eigenvalue weighted by molar-refractivity contribution is 0.192. The minimum absolute atomic E-state index is 0.0866. The standard InChI is InChI=1S/C11H18N2O4S/c1-2-12-5-7-13(8-6-12)18(15,16)11-4-3-10(9-14)17-11/h3-4,14H,2,5-9H2,1H3. The number of aliphatic hydroxyl groups is 1. The Hall–Kier alpha value is -0.890. The van der Waals surface area contributed by atoms with Crippen LogP contribution in [0.5, 0.6) is 0 Å². The Kier molecular flexibility index (Phi) is 4.06. The van der Waals surface area contributed by atoms with Gasteiger partial charge in [-0.2, -0.15) is 4.31 Å². The second kappa shape index (κ2) is 5.40. The lowest BCUT2D eigenvalue weighted by atomic mass is 10.4. The van der Waals surface area contributed by atoms with E-state index in [9.17, 15) is 8.42 Å². The third-order valence-corrected chi connectivity index (χ3v) is 4.94. The van der Waals surface area contributed by atoms with Crippen molar-refractivity contribution in [3.63, 3.8) is 0 Å². The van der Waals surface area contributed by atoms with E-state index in [0.29, 0.717) is 13.1 Å². The van der Waals surface area contributed by atoms with Gasteiger partial charge in [0.2, 0.25) is 5.09 Å². The van der Waals surface area contributed by atoms with Gasteiger partial charge in [0, 0.05) is 26.2 Å². The van der Waals surface area contributed by atoms with Gasteiger partial charge in [-0.25, -0.2) is 8.42 Å². The average Bonchev–Trinajstić information content (AvgIpc) is 2.88. The maximum atomic E-state index is 12.2. The molecule has 0 atom stereocenters. The molecule has 2 heterocycles. The van der Waals surface area contributed by atoms with Crippen LogP contribution in [0.2, 0.25) is 0 Å². The van der Waals surface area contributed by atoms with Crippen molar-refractivity contribution in [3.05, 3.63) is 17.9 Å². The van der Waals surface area contributed by atoms with Gasteiger partial charge in [0.15, 0.2) is 0 Å². The molecule has 1 aliphatic heterocycles. The molecule has 2 rings (SSSR count). The van der Waals surface area contributed by atoms with Gasteiger partial charge in [0.1, 0.15) is 12.4 Å². The van der Waals surface area contributed by atoms with E-state index in [-0.39, 0.29) is 17.5 Å². The lowest BCUT2D eigenvalue weighted by Crippen LogP contribution is -2.48. The first-order valence-corrected chi connectivity index (χ1v) is 7.44. The Morgan fingerprint density at radius 1 is 1.28 bits per heavy atom. The molecule has 0 saturated carbocycles. The highest BCUT2D eigenvalue weighted by molar-refractivity contribution is 7.89. The van der Waals surface area contributed by atoms with Gasteiger partial charge in [-0.1, -0.05) is 6.92 Å². The molecular formula is C11H18N2O4S. The van der Waals surface area contributed by atoms with Crippen LogP contribution >= 0.6 is 0 Å². The number of rotatable bonds is 4. The van der Waals surface area contributed by atoms with E-state index in [4.69, 9.17) is 9.52 Å². The fraction of sp³-hybridized carbons (Fsp3) is 0.636. The summed E-state index contributed by atoms with van der Waals surface area (Å²) < 4.78 is 31.0. The maximum absolute atomic E-state index is 12.2. The summed E-state index contributed by atoms with van der Waals surface area (Å²) >= 11 is 0. The number of hydrogen-bond donors (Lipinski definition) is 1. The SMILES string of the molecule is CCN1CCN(S(=O)(=O)c2ccc(CO)o2)CC1. The Balaban J connectivity index is 2.12. The molecule has 18 heavy (non-hydrogen) atoms. The van der Waals surface area contributed by atoms with Crippen molar-refractivity contribution < 1.29 is 17.9 Å². The predicted molar refractivity (Wildman–Crippen MR) is 65.5 cm³/mol. The summed E-state index contributed by atoms with van der Waals surface area (Å²) in [7, 11) is -3.55. The molecule has 1 aromatic rings. The highest BCUT2D eigenvalue weighted by Gasteiger charge is 2.30. The van der Waals surface area contributed by atoms with Crippen molar-refractivity contribution in [2.24, 2.45) is 0 Å². The van der Waals surface area contributed by atoms with Crippen LogP contribution in [0.25, 0.3) is 0 Å². The molecular weight excluding hydrogens is 256 g/mol. The number of sulfonamides is 1. The molecule has 1 aliphatic rings. The molecule has 1 fully saturated rings. The predicted octanol–water partition coefficient (Wildman–Crippen LogP) is 0.0981. The summed E-state index contributed by atoms with van der Waals surface area (Å²) in [4.78, 5) is 2.20. The quantitative estimate of drug-likeness (QED) is 0.843. The monoisotopic (exact) mass is 274 g/mol. The van der Waals surface area contributed by atoms with E-state index < -0.39 is 10.0 Å². The van der Waals surface area contributed by atoms with Gasteiger partial charge in [-0.15, -0.1) is 0 Å². The highest BCUT2D eigenvalue weighted by atomic mass is 32.2. The van der Waals surface area contributed by atoms with Crippen LogP contribution in [0.1, 0.15) is 12.7 Å². The van der Waals surface area contributed by atoms with Crippen molar-refractivity contribution in [2.45, 2.75) is 18.6 Å². The summed E-state index contributed by atoms with van der Waals surface area (Å²) in [5.41, 5.74) is 0. The molecule has 7 heteroatoms. The van der Waals surface area contributed by atoms with E-state index in [1.54, 1.807) is 0 Å². The van der Waals surface area contributed by atoms with Crippen molar-refractivity contribution in [2.75, 3.05) is 32.7 Å².